The molecule has 1 aromatic carbocycles. The molecule has 0 saturated carbocycles. The number of hydrogen-bond acceptors (Lipinski definition) is 3. The molecule has 0 radical (unpaired) electrons. The second-order valence-electron chi connectivity index (χ2n) is 4.99. The van der Waals surface area contributed by atoms with E-state index in [-0.39, 0.29) is 12.8 Å². The average molecular weight is 304 g/mol. The molecule has 0 heterocycles. The molecular formula is C14H19F3N2O2. The quantitative estimate of drug-likeness (QED) is 0.813. The number of primary amides is 1. The molecule has 0 fully saturated rings. The van der Waals surface area contributed by atoms with Gasteiger partial charge in [-0.1, -0.05) is 12.1 Å². The number of methoxy groups -OCH3 is 1. The molecule has 3 N–H and O–H groups in total. The van der Waals surface area contributed by atoms with Crippen LogP contribution in [0.4, 0.5) is 18.9 Å². The summed E-state index contributed by atoms with van der Waals surface area (Å²) in [5, 5.41) is 2.89. The van der Waals surface area contributed by atoms with E-state index in [9.17, 15) is 18.0 Å². The summed E-state index contributed by atoms with van der Waals surface area (Å²) in [6.07, 6.45) is -5.42. The number of anilines is 1. The normalized spacial score (nSPS) is 14.3. The summed E-state index contributed by atoms with van der Waals surface area (Å²) in [6.45, 7) is 1.48. The Morgan fingerprint density at radius 1 is 1.29 bits per heavy atom. The summed E-state index contributed by atoms with van der Waals surface area (Å²) in [5.74, 6) is -0.226. The molecule has 1 aromatic rings. The zero-order valence-electron chi connectivity index (χ0n) is 12.0. The highest BCUT2D eigenvalue weighted by Gasteiger charge is 2.34. The topological polar surface area (TPSA) is 64.3 Å². The lowest BCUT2D eigenvalue weighted by atomic mass is 9.93. The molecular weight excluding hydrogens is 285 g/mol. The first-order valence-electron chi connectivity index (χ1n) is 6.46. The lowest BCUT2D eigenvalue weighted by Gasteiger charge is -2.29. The van der Waals surface area contributed by atoms with Crippen molar-refractivity contribution in [2.75, 3.05) is 12.4 Å². The summed E-state index contributed by atoms with van der Waals surface area (Å²) in [7, 11) is 1.46. The highest BCUT2D eigenvalue weighted by atomic mass is 19.4. The number of carbonyl (C=O) groups excluding carboxylic acids is 1. The number of carbonyl (C=O) groups is 1. The van der Waals surface area contributed by atoms with E-state index in [1.807, 2.05) is 0 Å². The molecule has 0 aliphatic heterocycles. The van der Waals surface area contributed by atoms with Gasteiger partial charge in [-0.25, -0.2) is 0 Å². The van der Waals surface area contributed by atoms with E-state index >= 15 is 0 Å². The second-order valence-corrected chi connectivity index (χ2v) is 4.99. The van der Waals surface area contributed by atoms with E-state index in [2.05, 4.69) is 5.32 Å². The molecule has 4 nitrogen and oxygen atoms in total. The van der Waals surface area contributed by atoms with Gasteiger partial charge >= 0.3 is 6.18 Å². The van der Waals surface area contributed by atoms with Crippen LogP contribution in [0.25, 0.3) is 0 Å². The molecule has 118 valence electrons. The van der Waals surface area contributed by atoms with Crippen molar-refractivity contribution < 1.29 is 22.7 Å². The van der Waals surface area contributed by atoms with Gasteiger partial charge in [0.25, 0.3) is 0 Å². The first-order chi connectivity index (χ1) is 9.68. The highest BCUT2D eigenvalue weighted by molar-refractivity contribution is 5.88. The fourth-order valence-corrected chi connectivity index (χ4v) is 1.93. The molecule has 1 unspecified atom stereocenters. The predicted octanol–water partition coefficient (Wildman–Crippen LogP) is 3.08. The van der Waals surface area contributed by atoms with Gasteiger partial charge in [-0.15, -0.1) is 0 Å². The zero-order valence-corrected chi connectivity index (χ0v) is 12.0. The maximum Gasteiger partial charge on any atom is 0.389 e. The van der Waals surface area contributed by atoms with Crippen molar-refractivity contribution in [3.63, 3.8) is 0 Å². The summed E-state index contributed by atoms with van der Waals surface area (Å²) in [4.78, 5) is 11.6. The maximum absolute atomic E-state index is 12.2. The molecule has 1 amide bonds. The van der Waals surface area contributed by atoms with Crippen molar-refractivity contribution in [2.24, 2.45) is 5.73 Å². The highest BCUT2D eigenvalue weighted by Crippen LogP contribution is 2.30. The van der Waals surface area contributed by atoms with E-state index in [1.54, 1.807) is 24.3 Å². The van der Waals surface area contributed by atoms with Crippen LogP contribution in [0.3, 0.4) is 0 Å². The number of benzene rings is 1. The van der Waals surface area contributed by atoms with Gasteiger partial charge in [0, 0.05) is 6.42 Å². The van der Waals surface area contributed by atoms with Gasteiger partial charge in [-0.2, -0.15) is 13.2 Å². The van der Waals surface area contributed by atoms with Crippen molar-refractivity contribution >= 4 is 11.6 Å². The lowest BCUT2D eigenvalue weighted by Crippen LogP contribution is -2.48. The van der Waals surface area contributed by atoms with Crippen molar-refractivity contribution in [3.05, 3.63) is 24.3 Å². The van der Waals surface area contributed by atoms with Crippen LogP contribution in [0, 0.1) is 0 Å². The van der Waals surface area contributed by atoms with Gasteiger partial charge in [0.15, 0.2) is 0 Å². The van der Waals surface area contributed by atoms with Crippen LogP contribution in [-0.2, 0) is 4.79 Å². The van der Waals surface area contributed by atoms with E-state index < -0.39 is 24.0 Å². The Bertz CT molecular complexity index is 491. The monoisotopic (exact) mass is 304 g/mol. The molecule has 7 heteroatoms. The Morgan fingerprint density at radius 2 is 1.90 bits per heavy atom. The van der Waals surface area contributed by atoms with Gasteiger partial charge in [-0.05, 0) is 31.9 Å². The van der Waals surface area contributed by atoms with Crippen LogP contribution in [0.15, 0.2) is 24.3 Å². The van der Waals surface area contributed by atoms with Crippen LogP contribution in [0.1, 0.15) is 26.2 Å². The number of ether oxygens (including phenoxy) is 1. The van der Waals surface area contributed by atoms with Crippen LogP contribution in [-0.4, -0.2) is 24.7 Å². The van der Waals surface area contributed by atoms with Gasteiger partial charge < -0.3 is 15.8 Å². The fourth-order valence-electron chi connectivity index (χ4n) is 1.93. The Balaban J connectivity index is 2.83. The maximum atomic E-state index is 12.2. The van der Waals surface area contributed by atoms with Gasteiger partial charge in [0.1, 0.15) is 11.3 Å². The number of nitrogens with two attached hydrogens (primary N) is 1. The van der Waals surface area contributed by atoms with Crippen LogP contribution in [0.5, 0.6) is 5.75 Å². The number of alkyl halides is 3. The molecule has 0 aromatic heterocycles. The first-order valence-corrected chi connectivity index (χ1v) is 6.46. The van der Waals surface area contributed by atoms with Gasteiger partial charge in [0.2, 0.25) is 5.91 Å². The molecule has 0 aliphatic rings. The Kier molecular flexibility index (Phi) is 5.46. The summed E-state index contributed by atoms with van der Waals surface area (Å²) in [5.41, 5.74) is 4.57. The smallest absolute Gasteiger partial charge is 0.389 e. The Morgan fingerprint density at radius 3 is 2.43 bits per heavy atom. The number of amides is 1. The molecule has 0 bridgehead atoms. The molecule has 0 saturated heterocycles. The van der Waals surface area contributed by atoms with Gasteiger partial charge in [0.05, 0.1) is 12.8 Å². The molecule has 0 spiro atoms. The third-order valence-electron chi connectivity index (χ3n) is 3.20. The summed E-state index contributed by atoms with van der Waals surface area (Å²) >= 11 is 0. The predicted molar refractivity (Wildman–Crippen MR) is 74.1 cm³/mol. The van der Waals surface area contributed by atoms with Crippen molar-refractivity contribution in [1.82, 2.24) is 0 Å². The fraction of sp³-hybridized carbons (Fsp3) is 0.500. The van der Waals surface area contributed by atoms with Crippen LogP contribution >= 0.6 is 0 Å². The molecule has 21 heavy (non-hydrogen) atoms. The second kappa shape index (κ2) is 6.69. The van der Waals surface area contributed by atoms with Crippen molar-refractivity contribution in [3.8, 4) is 5.75 Å². The number of para-hydroxylation sites is 2. The number of hydrogen-bond donors (Lipinski definition) is 2. The van der Waals surface area contributed by atoms with Crippen molar-refractivity contribution in [1.29, 1.82) is 0 Å². The third kappa shape index (κ3) is 5.17. The largest absolute Gasteiger partial charge is 0.495 e. The molecule has 1 rings (SSSR count). The average Bonchev–Trinajstić information content (AvgIpc) is 2.37. The standard InChI is InChI=1S/C14H19F3N2O2/c1-13(12(18)20,8-5-9-14(15,16)17)19-10-6-3-4-7-11(10)21-2/h3-4,6-7,19H,5,8-9H2,1-2H3,(H2,18,20). The third-order valence-corrected chi connectivity index (χ3v) is 3.20. The summed E-state index contributed by atoms with van der Waals surface area (Å²) < 4.78 is 41.8. The Labute approximate surface area is 121 Å². The van der Waals surface area contributed by atoms with E-state index in [1.165, 1.54) is 14.0 Å². The minimum Gasteiger partial charge on any atom is -0.495 e. The van der Waals surface area contributed by atoms with Gasteiger partial charge in [-0.3, -0.25) is 4.79 Å². The van der Waals surface area contributed by atoms with Crippen molar-refractivity contribution in [2.45, 2.75) is 37.9 Å². The molecule has 0 aliphatic carbocycles. The number of halogens is 3. The first kappa shape index (κ1) is 17.1. The van der Waals surface area contributed by atoms with E-state index in [0.29, 0.717) is 11.4 Å². The van der Waals surface area contributed by atoms with E-state index in [4.69, 9.17) is 10.5 Å². The summed E-state index contributed by atoms with van der Waals surface area (Å²) in [6, 6.07) is 6.82. The zero-order chi connectivity index (χ0) is 16.1. The lowest BCUT2D eigenvalue weighted by molar-refractivity contribution is -0.137. The number of nitrogens with one attached hydrogen (secondary N) is 1. The Hall–Kier alpha value is -1.92. The minimum absolute atomic E-state index is 0.0279. The number of rotatable bonds is 7. The van der Waals surface area contributed by atoms with Crippen LogP contribution in [0.2, 0.25) is 0 Å². The SMILES string of the molecule is COc1ccccc1NC(C)(CCCC(F)(F)F)C(N)=O. The van der Waals surface area contributed by atoms with E-state index in [0.717, 1.165) is 0 Å². The minimum atomic E-state index is -4.25. The molecule has 1 atom stereocenters. The van der Waals surface area contributed by atoms with Crippen LogP contribution < -0.4 is 15.8 Å².